The molecule has 1 unspecified atom stereocenters. The number of rotatable bonds is 4. The van der Waals surface area contributed by atoms with Gasteiger partial charge in [-0.1, -0.05) is 6.42 Å². The number of fused-ring (bicyclic) bond motifs is 1. The molecule has 23 heavy (non-hydrogen) atoms. The molecule has 1 amide bonds. The van der Waals surface area contributed by atoms with Crippen LogP contribution in [0.4, 0.5) is 5.69 Å². The van der Waals surface area contributed by atoms with E-state index in [2.05, 4.69) is 5.32 Å². The number of hydrogen-bond acceptors (Lipinski definition) is 5. The number of benzene rings is 1. The van der Waals surface area contributed by atoms with Gasteiger partial charge in [-0.15, -0.1) is 0 Å². The Kier molecular flexibility index (Phi) is 4.22. The van der Waals surface area contributed by atoms with Crippen LogP contribution in [0.3, 0.4) is 0 Å². The van der Waals surface area contributed by atoms with Gasteiger partial charge in [0.05, 0.1) is 16.1 Å². The third-order valence-corrected chi connectivity index (χ3v) is 6.28. The maximum atomic E-state index is 12.9. The zero-order valence-electron chi connectivity index (χ0n) is 12.5. The predicted molar refractivity (Wildman–Crippen MR) is 82.6 cm³/mol. The number of Topliss-reactive ketones (excluding diaryl/α,β-unsaturated/α-hetero) is 1. The van der Waals surface area contributed by atoms with Crippen LogP contribution in [-0.4, -0.2) is 48.7 Å². The lowest BCUT2D eigenvalue weighted by Crippen LogP contribution is -2.44. The number of sulfonamides is 1. The van der Waals surface area contributed by atoms with Crippen LogP contribution in [0.2, 0.25) is 0 Å². The van der Waals surface area contributed by atoms with Crippen LogP contribution in [0.1, 0.15) is 36.0 Å². The lowest BCUT2D eigenvalue weighted by atomic mass is 10.0. The monoisotopic (exact) mass is 338 g/mol. The van der Waals surface area contributed by atoms with Crippen LogP contribution in [0.5, 0.6) is 0 Å². The predicted octanol–water partition coefficient (Wildman–Crippen LogP) is 0.747. The molecule has 2 aliphatic rings. The van der Waals surface area contributed by atoms with Crippen LogP contribution in [-0.2, 0) is 14.8 Å². The topological polar surface area (TPSA) is 104 Å². The first-order valence-corrected chi connectivity index (χ1v) is 9.01. The van der Waals surface area contributed by atoms with Gasteiger partial charge in [-0.25, -0.2) is 8.42 Å². The summed E-state index contributed by atoms with van der Waals surface area (Å²) in [5.74, 6) is -1.46. The molecule has 0 aliphatic carbocycles. The number of aliphatic hydroxyl groups excluding tert-OH is 1. The summed E-state index contributed by atoms with van der Waals surface area (Å²) in [6.45, 7) is 0.326. The normalized spacial score (nSPS) is 22.0. The summed E-state index contributed by atoms with van der Waals surface area (Å²) in [6.07, 6.45) is 2.80. The van der Waals surface area contributed by atoms with E-state index in [0.29, 0.717) is 25.1 Å². The number of carbonyl (C=O) groups is 2. The first-order chi connectivity index (χ1) is 10.9. The second-order valence-corrected chi connectivity index (χ2v) is 7.66. The Morgan fingerprint density at radius 3 is 2.78 bits per heavy atom. The summed E-state index contributed by atoms with van der Waals surface area (Å²) in [5.41, 5.74) is 0.427. The molecule has 1 aromatic carbocycles. The van der Waals surface area contributed by atoms with Gasteiger partial charge in [0, 0.05) is 19.2 Å². The van der Waals surface area contributed by atoms with Crippen molar-refractivity contribution in [3.63, 3.8) is 0 Å². The number of amides is 1. The summed E-state index contributed by atoms with van der Waals surface area (Å²) in [4.78, 5) is 23.2. The van der Waals surface area contributed by atoms with Gasteiger partial charge < -0.3 is 10.4 Å². The molecular weight excluding hydrogens is 320 g/mol. The van der Waals surface area contributed by atoms with Gasteiger partial charge in [0.2, 0.25) is 10.0 Å². The molecule has 1 saturated heterocycles. The Balaban J connectivity index is 1.97. The Morgan fingerprint density at radius 1 is 1.26 bits per heavy atom. The average molecular weight is 338 g/mol. The molecule has 2 aliphatic heterocycles. The van der Waals surface area contributed by atoms with Crippen LogP contribution in [0.25, 0.3) is 0 Å². The summed E-state index contributed by atoms with van der Waals surface area (Å²) < 4.78 is 27.2. The fourth-order valence-corrected chi connectivity index (χ4v) is 4.90. The van der Waals surface area contributed by atoms with Gasteiger partial charge in [-0.05, 0) is 37.5 Å². The van der Waals surface area contributed by atoms with E-state index in [9.17, 15) is 18.0 Å². The SMILES string of the molecule is O=C1Nc2ccc(S(=O)(=O)N3CCCCC3CCO)cc2C1=O. The molecular formula is C15H18N2O5S. The van der Waals surface area contributed by atoms with Crippen molar-refractivity contribution in [2.75, 3.05) is 18.5 Å². The van der Waals surface area contributed by atoms with Crippen LogP contribution >= 0.6 is 0 Å². The average Bonchev–Trinajstić information content (AvgIpc) is 2.82. The van der Waals surface area contributed by atoms with Gasteiger partial charge in [-0.3, -0.25) is 9.59 Å². The minimum Gasteiger partial charge on any atom is -0.396 e. The van der Waals surface area contributed by atoms with Crippen molar-refractivity contribution >= 4 is 27.4 Å². The van der Waals surface area contributed by atoms with Crippen molar-refractivity contribution in [2.24, 2.45) is 0 Å². The highest BCUT2D eigenvalue weighted by molar-refractivity contribution is 7.89. The summed E-state index contributed by atoms with van der Waals surface area (Å²) in [6, 6.07) is 3.87. The standard InChI is InChI=1S/C15H18N2O5S/c18-8-6-10-3-1-2-7-17(10)23(21,22)11-4-5-13-12(9-11)14(19)15(20)16-13/h4-5,9-10,18H,1-3,6-8H2,(H,16,19,20). The van der Waals surface area contributed by atoms with E-state index in [1.807, 2.05) is 0 Å². The van der Waals surface area contributed by atoms with Crippen molar-refractivity contribution in [3.8, 4) is 0 Å². The summed E-state index contributed by atoms with van der Waals surface area (Å²) in [7, 11) is -3.76. The molecule has 0 spiro atoms. The molecule has 0 saturated carbocycles. The highest BCUT2D eigenvalue weighted by Crippen LogP contribution is 2.30. The number of hydrogen-bond donors (Lipinski definition) is 2. The zero-order valence-corrected chi connectivity index (χ0v) is 13.3. The van der Waals surface area contributed by atoms with E-state index in [0.717, 1.165) is 12.8 Å². The Morgan fingerprint density at radius 2 is 2.04 bits per heavy atom. The molecule has 2 N–H and O–H groups in total. The third kappa shape index (κ3) is 2.77. The van der Waals surface area contributed by atoms with E-state index in [4.69, 9.17) is 5.11 Å². The fraction of sp³-hybridized carbons (Fsp3) is 0.467. The Bertz CT molecular complexity index is 757. The number of nitrogens with zero attached hydrogens (tertiary/aromatic N) is 1. The maximum Gasteiger partial charge on any atom is 0.296 e. The van der Waals surface area contributed by atoms with Crippen molar-refractivity contribution in [2.45, 2.75) is 36.6 Å². The van der Waals surface area contributed by atoms with Crippen molar-refractivity contribution in [1.82, 2.24) is 4.31 Å². The smallest absolute Gasteiger partial charge is 0.296 e. The maximum absolute atomic E-state index is 12.9. The molecule has 1 atom stereocenters. The molecule has 2 heterocycles. The Labute approximate surface area is 134 Å². The summed E-state index contributed by atoms with van der Waals surface area (Å²) >= 11 is 0. The van der Waals surface area contributed by atoms with Gasteiger partial charge in [0.25, 0.3) is 11.7 Å². The van der Waals surface area contributed by atoms with Gasteiger partial charge >= 0.3 is 0 Å². The summed E-state index contributed by atoms with van der Waals surface area (Å²) in [5, 5.41) is 11.6. The number of ketones is 1. The van der Waals surface area contributed by atoms with E-state index in [1.54, 1.807) is 0 Å². The van der Waals surface area contributed by atoms with Crippen LogP contribution in [0, 0.1) is 0 Å². The zero-order chi connectivity index (χ0) is 16.6. The number of nitrogens with one attached hydrogen (secondary N) is 1. The van der Waals surface area contributed by atoms with Crippen molar-refractivity contribution in [3.05, 3.63) is 23.8 Å². The second kappa shape index (κ2) is 6.03. The van der Waals surface area contributed by atoms with Gasteiger partial charge in [0.15, 0.2) is 0 Å². The molecule has 7 nitrogen and oxygen atoms in total. The van der Waals surface area contributed by atoms with Crippen LogP contribution < -0.4 is 5.32 Å². The van der Waals surface area contributed by atoms with Crippen molar-refractivity contribution in [1.29, 1.82) is 0 Å². The van der Waals surface area contributed by atoms with Gasteiger partial charge in [0.1, 0.15) is 0 Å². The molecule has 3 rings (SSSR count). The van der Waals surface area contributed by atoms with Crippen molar-refractivity contribution < 1.29 is 23.1 Å². The molecule has 0 radical (unpaired) electrons. The van der Waals surface area contributed by atoms with E-state index in [-0.39, 0.29) is 23.1 Å². The van der Waals surface area contributed by atoms with E-state index in [1.165, 1.54) is 22.5 Å². The largest absolute Gasteiger partial charge is 0.396 e. The van der Waals surface area contributed by atoms with Gasteiger partial charge in [-0.2, -0.15) is 4.31 Å². The van der Waals surface area contributed by atoms with Crippen LogP contribution in [0.15, 0.2) is 23.1 Å². The number of aliphatic hydroxyl groups is 1. The minimum atomic E-state index is -3.76. The number of anilines is 1. The fourth-order valence-electron chi connectivity index (χ4n) is 3.15. The first-order valence-electron chi connectivity index (χ1n) is 7.57. The second-order valence-electron chi connectivity index (χ2n) is 5.77. The molecule has 8 heteroatoms. The lowest BCUT2D eigenvalue weighted by molar-refractivity contribution is -0.112. The third-order valence-electron chi connectivity index (χ3n) is 4.33. The quantitative estimate of drug-likeness (QED) is 0.788. The van der Waals surface area contributed by atoms with E-state index >= 15 is 0 Å². The first kappa shape index (κ1) is 16.1. The molecule has 0 bridgehead atoms. The van der Waals surface area contributed by atoms with E-state index < -0.39 is 21.7 Å². The molecule has 0 aromatic heterocycles. The Hall–Kier alpha value is -1.77. The lowest BCUT2D eigenvalue weighted by Gasteiger charge is -2.34. The highest BCUT2D eigenvalue weighted by Gasteiger charge is 2.35. The minimum absolute atomic E-state index is 0.00550. The molecule has 1 aromatic rings. The molecule has 1 fully saturated rings. The number of carbonyl (C=O) groups excluding carboxylic acids is 2. The number of piperidine rings is 1. The molecule has 124 valence electrons. The highest BCUT2D eigenvalue weighted by atomic mass is 32.2.